The highest BCUT2D eigenvalue weighted by Crippen LogP contribution is 2.46. The van der Waals surface area contributed by atoms with Crippen LogP contribution in [0.3, 0.4) is 0 Å². The molecular formula is C16H15N5O3. The van der Waals surface area contributed by atoms with Gasteiger partial charge in [-0.1, -0.05) is 32.0 Å². The molecule has 0 bridgehead atoms. The number of nitro benzene ring substituents is 1. The third-order valence-corrected chi connectivity index (χ3v) is 3.99. The van der Waals surface area contributed by atoms with Gasteiger partial charge in [-0.2, -0.15) is 5.26 Å². The van der Waals surface area contributed by atoms with Gasteiger partial charge in [-0.05, 0) is 5.92 Å². The lowest BCUT2D eigenvalue weighted by molar-refractivity contribution is -0.385. The minimum atomic E-state index is -0.698. The van der Waals surface area contributed by atoms with Gasteiger partial charge in [-0.15, -0.1) is 5.10 Å². The minimum absolute atomic E-state index is 0.0642. The number of para-hydroxylation sites is 1. The molecule has 3 rings (SSSR count). The molecule has 0 saturated carbocycles. The molecule has 2 heterocycles. The van der Waals surface area contributed by atoms with Gasteiger partial charge >= 0.3 is 0 Å². The molecule has 1 atom stereocenters. The molecule has 1 aromatic carbocycles. The molecule has 1 aliphatic rings. The summed E-state index contributed by atoms with van der Waals surface area (Å²) in [7, 11) is 0. The number of nitrogens with zero attached hydrogens (tertiary/aromatic N) is 3. The molecule has 2 aromatic rings. The maximum absolute atomic E-state index is 11.4. The van der Waals surface area contributed by atoms with E-state index in [2.05, 4.69) is 10.2 Å². The predicted octanol–water partition coefficient (Wildman–Crippen LogP) is 2.66. The largest absolute Gasteiger partial charge is 0.420 e. The number of allylic oxidation sites excluding steroid dienone is 1. The highest BCUT2D eigenvalue weighted by atomic mass is 16.6. The van der Waals surface area contributed by atoms with Crippen LogP contribution in [0, 0.1) is 21.4 Å². The molecule has 0 radical (unpaired) electrons. The van der Waals surface area contributed by atoms with E-state index < -0.39 is 10.8 Å². The fraction of sp³-hybridized carbons (Fsp3) is 0.250. The summed E-state index contributed by atoms with van der Waals surface area (Å²) in [6.07, 6.45) is 0. The van der Waals surface area contributed by atoms with E-state index in [1.807, 2.05) is 19.9 Å². The number of ether oxygens (including phenoxy) is 1. The van der Waals surface area contributed by atoms with Crippen molar-refractivity contribution in [1.82, 2.24) is 10.2 Å². The second-order valence-electron chi connectivity index (χ2n) is 5.75. The molecule has 8 nitrogen and oxygen atoms in total. The number of hydrogen-bond acceptors (Lipinski definition) is 6. The molecule has 122 valence electrons. The Hall–Kier alpha value is -3.34. The molecule has 0 fully saturated rings. The standard InChI is InChI=1S/C16H15N5O3/c1-8(2)14-13-12(9-5-3-4-6-11(9)21(22)23)10(7-17)15(18)24-16(13)20-19-14/h3-6,8,12H,18H2,1-2H3,(H,19,20)/t12-/m0/s1. The fourth-order valence-electron chi connectivity index (χ4n) is 2.92. The Bertz CT molecular complexity index is 891. The molecule has 0 amide bonds. The highest BCUT2D eigenvalue weighted by molar-refractivity contribution is 5.60. The third-order valence-electron chi connectivity index (χ3n) is 3.99. The molecule has 24 heavy (non-hydrogen) atoms. The Morgan fingerprint density at radius 1 is 1.46 bits per heavy atom. The van der Waals surface area contributed by atoms with Crippen LogP contribution in [0.2, 0.25) is 0 Å². The normalized spacial score (nSPS) is 16.5. The van der Waals surface area contributed by atoms with Crippen LogP contribution in [-0.2, 0) is 0 Å². The zero-order valence-corrected chi connectivity index (χ0v) is 13.1. The zero-order valence-electron chi connectivity index (χ0n) is 13.1. The SMILES string of the molecule is CC(C)c1[nH]nc2c1[C@@H](c1ccccc1[N+](=O)[O-])C(C#N)=C(N)O2. The molecule has 0 saturated heterocycles. The molecule has 8 heteroatoms. The summed E-state index contributed by atoms with van der Waals surface area (Å²) < 4.78 is 5.44. The van der Waals surface area contributed by atoms with Gasteiger partial charge in [0.2, 0.25) is 11.8 Å². The lowest BCUT2D eigenvalue weighted by Gasteiger charge is -2.24. The van der Waals surface area contributed by atoms with E-state index in [0.717, 1.165) is 5.69 Å². The second kappa shape index (κ2) is 5.70. The van der Waals surface area contributed by atoms with Gasteiger partial charge < -0.3 is 10.5 Å². The molecule has 0 unspecified atom stereocenters. The predicted molar refractivity (Wildman–Crippen MR) is 85.1 cm³/mol. The molecule has 3 N–H and O–H groups in total. The molecule has 0 aliphatic carbocycles. The van der Waals surface area contributed by atoms with Crippen molar-refractivity contribution in [3.05, 3.63) is 62.7 Å². The van der Waals surface area contributed by atoms with Crippen LogP contribution in [-0.4, -0.2) is 15.1 Å². The van der Waals surface area contributed by atoms with Crippen molar-refractivity contribution in [3.8, 4) is 11.9 Å². The smallest absolute Gasteiger partial charge is 0.273 e. The van der Waals surface area contributed by atoms with E-state index in [9.17, 15) is 15.4 Å². The summed E-state index contributed by atoms with van der Waals surface area (Å²) in [5.74, 6) is -0.473. The minimum Gasteiger partial charge on any atom is -0.420 e. The Kier molecular flexibility index (Phi) is 3.69. The number of nitrogens with two attached hydrogens (primary N) is 1. The lowest BCUT2D eigenvalue weighted by atomic mass is 9.82. The van der Waals surface area contributed by atoms with Crippen LogP contribution < -0.4 is 10.5 Å². The topological polar surface area (TPSA) is 131 Å². The summed E-state index contributed by atoms with van der Waals surface area (Å²) in [6.45, 7) is 3.91. The number of H-pyrrole nitrogens is 1. The maximum atomic E-state index is 11.4. The number of nitrogens with one attached hydrogen (secondary N) is 1. The van der Waals surface area contributed by atoms with Gasteiger partial charge in [-0.25, -0.2) is 0 Å². The van der Waals surface area contributed by atoms with Crippen molar-refractivity contribution in [2.24, 2.45) is 5.73 Å². The van der Waals surface area contributed by atoms with E-state index in [-0.39, 0.29) is 28.9 Å². The molecule has 1 aromatic heterocycles. The average molecular weight is 325 g/mol. The van der Waals surface area contributed by atoms with Gasteiger partial charge in [0.05, 0.1) is 16.4 Å². The third kappa shape index (κ3) is 2.27. The van der Waals surface area contributed by atoms with E-state index in [1.165, 1.54) is 6.07 Å². The first kappa shape index (κ1) is 15.6. The summed E-state index contributed by atoms with van der Waals surface area (Å²) in [6, 6.07) is 8.34. The Balaban J connectivity index is 2.32. The van der Waals surface area contributed by atoms with Gasteiger partial charge in [0.25, 0.3) is 5.69 Å². The lowest BCUT2D eigenvalue weighted by Crippen LogP contribution is -2.22. The van der Waals surface area contributed by atoms with Crippen LogP contribution in [0.5, 0.6) is 5.88 Å². The number of nitro groups is 1. The van der Waals surface area contributed by atoms with E-state index in [4.69, 9.17) is 10.5 Å². The first-order chi connectivity index (χ1) is 11.5. The summed E-state index contributed by atoms with van der Waals surface area (Å²) >= 11 is 0. The quantitative estimate of drug-likeness (QED) is 0.658. The van der Waals surface area contributed by atoms with Gasteiger partial charge in [0.15, 0.2) is 0 Å². The number of fused-ring (bicyclic) bond motifs is 1. The Morgan fingerprint density at radius 2 is 2.17 bits per heavy atom. The number of rotatable bonds is 3. The number of benzene rings is 1. The van der Waals surface area contributed by atoms with Crippen molar-refractivity contribution in [1.29, 1.82) is 5.26 Å². The van der Waals surface area contributed by atoms with Crippen molar-refractivity contribution in [2.75, 3.05) is 0 Å². The van der Waals surface area contributed by atoms with Crippen molar-refractivity contribution >= 4 is 5.69 Å². The first-order valence-corrected chi connectivity index (χ1v) is 7.34. The number of aromatic amines is 1. The Morgan fingerprint density at radius 3 is 2.79 bits per heavy atom. The van der Waals surface area contributed by atoms with Crippen LogP contribution in [0.1, 0.15) is 42.5 Å². The molecular weight excluding hydrogens is 310 g/mol. The number of aromatic nitrogens is 2. The number of nitriles is 1. The van der Waals surface area contributed by atoms with Crippen molar-refractivity contribution < 1.29 is 9.66 Å². The molecule has 0 spiro atoms. The summed E-state index contributed by atoms with van der Waals surface area (Å²) in [5, 5.41) is 28.0. The average Bonchev–Trinajstić information content (AvgIpc) is 2.97. The van der Waals surface area contributed by atoms with Gasteiger partial charge in [0, 0.05) is 17.3 Å². The summed E-state index contributed by atoms with van der Waals surface area (Å²) in [5.41, 5.74) is 7.67. The van der Waals surface area contributed by atoms with E-state index >= 15 is 0 Å². The van der Waals surface area contributed by atoms with Gasteiger partial charge in [0.1, 0.15) is 11.6 Å². The summed E-state index contributed by atoms with van der Waals surface area (Å²) in [4.78, 5) is 11.0. The Labute approximate surface area is 137 Å². The monoisotopic (exact) mass is 325 g/mol. The first-order valence-electron chi connectivity index (χ1n) is 7.34. The maximum Gasteiger partial charge on any atom is 0.273 e. The van der Waals surface area contributed by atoms with Crippen LogP contribution in [0.4, 0.5) is 5.69 Å². The zero-order chi connectivity index (χ0) is 17.4. The van der Waals surface area contributed by atoms with Gasteiger partial charge in [-0.3, -0.25) is 15.2 Å². The molecule has 1 aliphatic heterocycles. The number of hydrogen-bond donors (Lipinski definition) is 2. The van der Waals surface area contributed by atoms with Crippen LogP contribution >= 0.6 is 0 Å². The second-order valence-corrected chi connectivity index (χ2v) is 5.75. The van der Waals surface area contributed by atoms with E-state index in [1.54, 1.807) is 18.2 Å². The van der Waals surface area contributed by atoms with Crippen molar-refractivity contribution in [2.45, 2.75) is 25.7 Å². The highest BCUT2D eigenvalue weighted by Gasteiger charge is 2.38. The fourth-order valence-corrected chi connectivity index (χ4v) is 2.92. The van der Waals surface area contributed by atoms with Crippen LogP contribution in [0.15, 0.2) is 35.7 Å². The van der Waals surface area contributed by atoms with E-state index in [0.29, 0.717) is 11.1 Å². The van der Waals surface area contributed by atoms with Crippen LogP contribution in [0.25, 0.3) is 0 Å². The van der Waals surface area contributed by atoms with Crippen molar-refractivity contribution in [3.63, 3.8) is 0 Å².